The van der Waals surface area contributed by atoms with E-state index in [0.29, 0.717) is 28.3 Å². The number of imide groups is 1. The number of carbonyl (C=O) groups is 3. The van der Waals surface area contributed by atoms with Crippen molar-refractivity contribution >= 4 is 23.4 Å². The molecule has 0 aromatic heterocycles. The number of methoxy groups -OCH3 is 2. The summed E-state index contributed by atoms with van der Waals surface area (Å²) in [6, 6.07) is 19.5. The SMILES string of the molecule is COc1ccc(N2C(=O)[C@H](N3C(=O)c4ccccc4C3=O)[C@@H]2c2cccc(OC)c2)cc1. The smallest absolute Gasteiger partial charge is 0.262 e. The van der Waals surface area contributed by atoms with Crippen LogP contribution in [0.5, 0.6) is 11.5 Å². The molecule has 3 aromatic rings. The Balaban J connectivity index is 1.58. The standard InChI is InChI=1S/C25H20N2O5/c1-31-17-12-10-16(11-13-17)26-21(15-6-5-7-18(14-15)32-2)22(25(26)30)27-23(28)19-8-3-4-9-20(19)24(27)29/h3-14,21-22H,1-2H3/t21-,22+/m0/s1. The van der Waals surface area contributed by atoms with Gasteiger partial charge in [-0.15, -0.1) is 0 Å². The highest BCUT2D eigenvalue weighted by Gasteiger charge is 2.57. The van der Waals surface area contributed by atoms with Gasteiger partial charge in [0.15, 0.2) is 0 Å². The fraction of sp³-hybridized carbons (Fsp3) is 0.160. The second-order valence-corrected chi connectivity index (χ2v) is 7.60. The minimum absolute atomic E-state index is 0.317. The van der Waals surface area contributed by atoms with E-state index in [9.17, 15) is 14.4 Å². The summed E-state index contributed by atoms with van der Waals surface area (Å²) in [5.74, 6) is 0.0594. The molecule has 5 rings (SSSR count). The molecule has 2 aliphatic rings. The lowest BCUT2D eigenvalue weighted by atomic mass is 9.86. The molecule has 160 valence electrons. The second-order valence-electron chi connectivity index (χ2n) is 7.60. The number of benzene rings is 3. The highest BCUT2D eigenvalue weighted by atomic mass is 16.5. The second kappa shape index (κ2) is 7.53. The van der Waals surface area contributed by atoms with E-state index in [1.54, 1.807) is 73.7 Å². The Morgan fingerprint density at radius 3 is 1.88 bits per heavy atom. The largest absolute Gasteiger partial charge is 0.497 e. The van der Waals surface area contributed by atoms with Crippen molar-refractivity contribution in [2.24, 2.45) is 0 Å². The molecule has 0 aliphatic carbocycles. The molecule has 2 atom stereocenters. The molecule has 0 radical (unpaired) electrons. The van der Waals surface area contributed by atoms with E-state index in [2.05, 4.69) is 0 Å². The Hall–Kier alpha value is -4.13. The van der Waals surface area contributed by atoms with Crippen LogP contribution in [0.4, 0.5) is 5.69 Å². The summed E-state index contributed by atoms with van der Waals surface area (Å²) in [7, 11) is 3.13. The van der Waals surface area contributed by atoms with Crippen molar-refractivity contribution < 1.29 is 23.9 Å². The van der Waals surface area contributed by atoms with E-state index < -0.39 is 23.9 Å². The number of hydrogen-bond donors (Lipinski definition) is 0. The zero-order valence-electron chi connectivity index (χ0n) is 17.5. The number of carbonyl (C=O) groups excluding carboxylic acids is 3. The van der Waals surface area contributed by atoms with E-state index in [1.807, 2.05) is 18.2 Å². The maximum absolute atomic E-state index is 13.4. The Morgan fingerprint density at radius 1 is 0.656 bits per heavy atom. The Bertz CT molecular complexity index is 1200. The number of anilines is 1. The van der Waals surface area contributed by atoms with Gasteiger partial charge < -0.3 is 14.4 Å². The topological polar surface area (TPSA) is 76.2 Å². The van der Waals surface area contributed by atoms with Gasteiger partial charge in [-0.3, -0.25) is 19.3 Å². The van der Waals surface area contributed by atoms with Crippen LogP contribution in [0, 0.1) is 0 Å². The molecule has 0 N–H and O–H groups in total. The quantitative estimate of drug-likeness (QED) is 0.460. The van der Waals surface area contributed by atoms with Crippen LogP contribution in [-0.2, 0) is 4.79 Å². The molecular weight excluding hydrogens is 408 g/mol. The van der Waals surface area contributed by atoms with Gasteiger partial charge >= 0.3 is 0 Å². The van der Waals surface area contributed by atoms with Crippen LogP contribution in [0.25, 0.3) is 0 Å². The Labute approximate surface area is 184 Å². The van der Waals surface area contributed by atoms with Gasteiger partial charge in [-0.05, 0) is 54.1 Å². The number of β-lactam (4-membered cyclic amide) rings is 1. The summed E-state index contributed by atoms with van der Waals surface area (Å²) in [5.41, 5.74) is 2.05. The van der Waals surface area contributed by atoms with Gasteiger partial charge in [-0.25, -0.2) is 0 Å². The first kappa shape index (κ1) is 19.8. The first-order chi connectivity index (χ1) is 15.5. The first-order valence-electron chi connectivity index (χ1n) is 10.1. The third-order valence-corrected chi connectivity index (χ3v) is 5.96. The van der Waals surface area contributed by atoms with Crippen molar-refractivity contribution in [2.45, 2.75) is 12.1 Å². The van der Waals surface area contributed by atoms with Crippen LogP contribution in [0.15, 0.2) is 72.8 Å². The van der Waals surface area contributed by atoms with Crippen molar-refractivity contribution in [1.82, 2.24) is 4.90 Å². The van der Waals surface area contributed by atoms with Crippen LogP contribution < -0.4 is 14.4 Å². The minimum atomic E-state index is -0.948. The molecule has 0 spiro atoms. The third-order valence-electron chi connectivity index (χ3n) is 5.96. The summed E-state index contributed by atoms with van der Waals surface area (Å²) in [4.78, 5) is 42.3. The highest BCUT2D eigenvalue weighted by molar-refractivity contribution is 6.24. The van der Waals surface area contributed by atoms with Gasteiger partial charge in [-0.1, -0.05) is 24.3 Å². The lowest BCUT2D eigenvalue weighted by Gasteiger charge is -2.49. The molecule has 3 aromatic carbocycles. The molecule has 0 bridgehead atoms. The van der Waals surface area contributed by atoms with E-state index in [4.69, 9.17) is 9.47 Å². The van der Waals surface area contributed by atoms with Gasteiger partial charge in [0, 0.05) is 5.69 Å². The molecule has 7 nitrogen and oxygen atoms in total. The Morgan fingerprint density at radius 2 is 1.28 bits per heavy atom. The molecule has 2 heterocycles. The van der Waals surface area contributed by atoms with E-state index >= 15 is 0 Å². The number of nitrogens with zero attached hydrogens (tertiary/aromatic N) is 2. The Kier molecular flexibility index (Phi) is 4.66. The third kappa shape index (κ3) is 2.85. The molecule has 0 saturated carbocycles. The predicted molar refractivity (Wildman–Crippen MR) is 117 cm³/mol. The molecule has 7 heteroatoms. The van der Waals surface area contributed by atoms with E-state index in [-0.39, 0.29) is 5.91 Å². The van der Waals surface area contributed by atoms with Crippen molar-refractivity contribution in [2.75, 3.05) is 19.1 Å². The minimum Gasteiger partial charge on any atom is -0.497 e. The van der Waals surface area contributed by atoms with Crippen LogP contribution >= 0.6 is 0 Å². The van der Waals surface area contributed by atoms with Crippen LogP contribution in [-0.4, -0.2) is 42.9 Å². The average Bonchev–Trinajstić information content (AvgIpc) is 3.08. The predicted octanol–water partition coefficient (Wildman–Crippen LogP) is 3.46. The lowest BCUT2D eigenvalue weighted by Crippen LogP contribution is -2.67. The number of amides is 3. The molecule has 1 saturated heterocycles. The fourth-order valence-electron chi connectivity index (χ4n) is 4.37. The number of fused-ring (bicyclic) bond motifs is 1. The average molecular weight is 428 g/mol. The summed E-state index contributed by atoms with van der Waals surface area (Å²) in [6.45, 7) is 0. The summed E-state index contributed by atoms with van der Waals surface area (Å²) in [6.07, 6.45) is 0. The van der Waals surface area contributed by atoms with Crippen molar-refractivity contribution in [1.29, 1.82) is 0 Å². The highest BCUT2D eigenvalue weighted by Crippen LogP contribution is 2.45. The molecular formula is C25H20N2O5. The molecule has 32 heavy (non-hydrogen) atoms. The van der Waals surface area contributed by atoms with E-state index in [1.165, 1.54) is 0 Å². The van der Waals surface area contributed by atoms with Crippen LogP contribution in [0.2, 0.25) is 0 Å². The molecule has 2 aliphatic heterocycles. The monoisotopic (exact) mass is 428 g/mol. The van der Waals surface area contributed by atoms with Gasteiger partial charge in [0.1, 0.15) is 17.5 Å². The first-order valence-corrected chi connectivity index (χ1v) is 10.1. The zero-order chi connectivity index (χ0) is 22.4. The summed E-state index contributed by atoms with van der Waals surface area (Å²) in [5, 5.41) is 0. The van der Waals surface area contributed by atoms with Crippen LogP contribution in [0.1, 0.15) is 32.3 Å². The van der Waals surface area contributed by atoms with E-state index in [0.717, 1.165) is 10.5 Å². The van der Waals surface area contributed by atoms with Gasteiger partial charge in [0.05, 0.1) is 31.4 Å². The van der Waals surface area contributed by atoms with Crippen molar-refractivity contribution in [3.63, 3.8) is 0 Å². The number of rotatable bonds is 5. The van der Waals surface area contributed by atoms with Gasteiger partial charge in [0.2, 0.25) is 0 Å². The normalized spacial score (nSPS) is 19.6. The number of hydrogen-bond acceptors (Lipinski definition) is 5. The molecule has 0 unspecified atom stereocenters. The maximum atomic E-state index is 13.4. The molecule has 1 fully saturated rings. The van der Waals surface area contributed by atoms with Crippen molar-refractivity contribution in [3.05, 3.63) is 89.5 Å². The van der Waals surface area contributed by atoms with Crippen molar-refractivity contribution in [3.8, 4) is 11.5 Å². The summed E-state index contributed by atoms with van der Waals surface area (Å²) >= 11 is 0. The lowest BCUT2D eigenvalue weighted by molar-refractivity contribution is -0.130. The molecule has 3 amide bonds. The van der Waals surface area contributed by atoms with Gasteiger partial charge in [-0.2, -0.15) is 0 Å². The zero-order valence-corrected chi connectivity index (χ0v) is 17.5. The maximum Gasteiger partial charge on any atom is 0.262 e. The summed E-state index contributed by atoms with van der Waals surface area (Å²) < 4.78 is 10.6. The fourth-order valence-corrected chi connectivity index (χ4v) is 4.37. The number of ether oxygens (including phenoxy) is 2. The van der Waals surface area contributed by atoms with Crippen LogP contribution in [0.3, 0.4) is 0 Å². The van der Waals surface area contributed by atoms with Gasteiger partial charge in [0.25, 0.3) is 17.7 Å².